The first-order valence-electron chi connectivity index (χ1n) is 10.4. The highest BCUT2D eigenvalue weighted by atomic mass is 32.2. The molecule has 2 N–H and O–H groups in total. The summed E-state index contributed by atoms with van der Waals surface area (Å²) in [4.78, 5) is 13.2. The third-order valence-corrected chi connectivity index (χ3v) is 6.47. The fourth-order valence-corrected chi connectivity index (χ4v) is 4.57. The average Bonchev–Trinajstić information content (AvgIpc) is 3.28. The minimum atomic E-state index is -3.97. The Hall–Kier alpha value is -3.56. The SMILES string of the molecule is CCOc1ccc(S(=O)(=O)N[C@H](Cc2ccccc2)C(=O)Nc2ccc3c(c2)OCO3)cc1. The van der Waals surface area contributed by atoms with Gasteiger partial charge in [-0.3, -0.25) is 4.79 Å². The maximum Gasteiger partial charge on any atom is 0.242 e. The zero-order chi connectivity index (χ0) is 23.3. The van der Waals surface area contributed by atoms with Crippen LogP contribution in [0.4, 0.5) is 5.69 Å². The average molecular weight is 469 g/mol. The summed E-state index contributed by atoms with van der Waals surface area (Å²) in [7, 11) is -3.97. The molecule has 0 saturated heterocycles. The molecule has 0 radical (unpaired) electrons. The fraction of sp³-hybridized carbons (Fsp3) is 0.208. The van der Waals surface area contributed by atoms with E-state index < -0.39 is 22.0 Å². The number of carbonyl (C=O) groups is 1. The number of nitrogens with one attached hydrogen (secondary N) is 2. The topological polar surface area (TPSA) is 103 Å². The quantitative estimate of drug-likeness (QED) is 0.499. The van der Waals surface area contributed by atoms with Crippen LogP contribution in [0.3, 0.4) is 0 Å². The molecule has 1 atom stereocenters. The fourth-order valence-electron chi connectivity index (χ4n) is 3.38. The number of hydrogen-bond donors (Lipinski definition) is 2. The normalized spacial score (nSPS) is 13.4. The second-order valence-corrected chi connectivity index (χ2v) is 9.04. The first-order chi connectivity index (χ1) is 15.9. The van der Waals surface area contributed by atoms with E-state index in [1.165, 1.54) is 12.1 Å². The van der Waals surface area contributed by atoms with E-state index in [4.69, 9.17) is 14.2 Å². The number of carbonyl (C=O) groups excluding carboxylic acids is 1. The van der Waals surface area contributed by atoms with Crippen molar-refractivity contribution in [1.29, 1.82) is 0 Å². The Bertz CT molecular complexity index is 1210. The van der Waals surface area contributed by atoms with E-state index >= 15 is 0 Å². The summed E-state index contributed by atoms with van der Waals surface area (Å²) in [5.41, 5.74) is 1.29. The molecular weight excluding hydrogens is 444 g/mol. The van der Waals surface area contributed by atoms with Gasteiger partial charge in [-0.1, -0.05) is 30.3 Å². The first-order valence-corrected chi connectivity index (χ1v) is 11.9. The molecule has 0 fully saturated rings. The number of anilines is 1. The Kier molecular flexibility index (Phi) is 6.81. The van der Waals surface area contributed by atoms with Crippen molar-refractivity contribution in [1.82, 2.24) is 4.72 Å². The van der Waals surface area contributed by atoms with E-state index in [1.54, 1.807) is 30.3 Å². The van der Waals surface area contributed by atoms with Crippen molar-refractivity contribution in [2.45, 2.75) is 24.3 Å². The molecule has 172 valence electrons. The van der Waals surface area contributed by atoms with Gasteiger partial charge >= 0.3 is 0 Å². The molecule has 0 aromatic heterocycles. The van der Waals surface area contributed by atoms with E-state index in [0.717, 1.165) is 5.56 Å². The highest BCUT2D eigenvalue weighted by Gasteiger charge is 2.27. The summed E-state index contributed by atoms with van der Waals surface area (Å²) in [5.74, 6) is 1.18. The van der Waals surface area contributed by atoms with Crippen molar-refractivity contribution in [2.75, 3.05) is 18.7 Å². The Morgan fingerprint density at radius 1 is 1.00 bits per heavy atom. The molecule has 8 nitrogen and oxygen atoms in total. The van der Waals surface area contributed by atoms with Gasteiger partial charge in [0.2, 0.25) is 22.7 Å². The van der Waals surface area contributed by atoms with Gasteiger partial charge in [-0.05, 0) is 55.3 Å². The van der Waals surface area contributed by atoms with E-state index in [2.05, 4.69) is 10.0 Å². The lowest BCUT2D eigenvalue weighted by molar-refractivity contribution is -0.117. The van der Waals surface area contributed by atoms with Crippen molar-refractivity contribution in [3.8, 4) is 17.2 Å². The minimum Gasteiger partial charge on any atom is -0.494 e. The highest BCUT2D eigenvalue weighted by Crippen LogP contribution is 2.34. The molecule has 1 aliphatic heterocycles. The van der Waals surface area contributed by atoms with Crippen LogP contribution >= 0.6 is 0 Å². The lowest BCUT2D eigenvalue weighted by atomic mass is 10.1. The summed E-state index contributed by atoms with van der Waals surface area (Å²) < 4.78 is 44.6. The summed E-state index contributed by atoms with van der Waals surface area (Å²) >= 11 is 0. The van der Waals surface area contributed by atoms with Crippen molar-refractivity contribution < 1.29 is 27.4 Å². The molecule has 3 aromatic carbocycles. The molecule has 0 unspecified atom stereocenters. The zero-order valence-corrected chi connectivity index (χ0v) is 18.8. The van der Waals surface area contributed by atoms with Crippen LogP contribution in [0, 0.1) is 0 Å². The van der Waals surface area contributed by atoms with E-state index in [9.17, 15) is 13.2 Å². The van der Waals surface area contributed by atoms with Crippen molar-refractivity contribution in [3.63, 3.8) is 0 Å². The van der Waals surface area contributed by atoms with Gasteiger partial charge in [0.15, 0.2) is 11.5 Å². The van der Waals surface area contributed by atoms with Crippen LogP contribution in [0.15, 0.2) is 77.7 Å². The molecule has 9 heteroatoms. The molecular formula is C24H24N2O6S. The van der Waals surface area contributed by atoms with Crippen molar-refractivity contribution in [3.05, 3.63) is 78.4 Å². The lowest BCUT2D eigenvalue weighted by Crippen LogP contribution is -2.45. The summed E-state index contributed by atoms with van der Waals surface area (Å²) in [5, 5.41) is 2.77. The molecule has 1 aliphatic rings. The van der Waals surface area contributed by atoms with Gasteiger partial charge in [-0.25, -0.2) is 8.42 Å². The Morgan fingerprint density at radius 3 is 2.45 bits per heavy atom. The second-order valence-electron chi connectivity index (χ2n) is 7.33. The number of sulfonamides is 1. The molecule has 1 heterocycles. The maximum atomic E-state index is 13.1. The Morgan fingerprint density at radius 2 is 1.73 bits per heavy atom. The van der Waals surface area contributed by atoms with Gasteiger partial charge in [0.05, 0.1) is 11.5 Å². The molecule has 0 aliphatic carbocycles. The number of hydrogen-bond acceptors (Lipinski definition) is 6. The van der Waals surface area contributed by atoms with Crippen molar-refractivity contribution >= 4 is 21.6 Å². The predicted octanol–water partition coefficient (Wildman–Crippen LogP) is 3.34. The largest absolute Gasteiger partial charge is 0.494 e. The van der Waals surface area contributed by atoms with Gasteiger partial charge in [0.1, 0.15) is 11.8 Å². The molecule has 0 spiro atoms. The van der Waals surface area contributed by atoms with Crippen LogP contribution in [0.2, 0.25) is 0 Å². The van der Waals surface area contributed by atoms with Gasteiger partial charge < -0.3 is 19.5 Å². The zero-order valence-electron chi connectivity index (χ0n) is 18.0. The number of benzene rings is 3. The van der Waals surface area contributed by atoms with Gasteiger partial charge in [0, 0.05) is 11.8 Å². The van der Waals surface area contributed by atoms with Crippen LogP contribution in [0.5, 0.6) is 17.2 Å². The van der Waals surface area contributed by atoms with Gasteiger partial charge in [-0.2, -0.15) is 4.72 Å². The van der Waals surface area contributed by atoms with Crippen LogP contribution in [-0.2, 0) is 21.2 Å². The van der Waals surface area contributed by atoms with E-state index in [-0.39, 0.29) is 18.1 Å². The van der Waals surface area contributed by atoms with Crippen LogP contribution in [0.25, 0.3) is 0 Å². The van der Waals surface area contributed by atoms with Crippen LogP contribution in [-0.4, -0.2) is 33.8 Å². The Balaban J connectivity index is 1.55. The maximum absolute atomic E-state index is 13.1. The lowest BCUT2D eigenvalue weighted by Gasteiger charge is -2.19. The second kappa shape index (κ2) is 9.93. The number of fused-ring (bicyclic) bond motifs is 1. The van der Waals surface area contributed by atoms with E-state index in [0.29, 0.717) is 29.5 Å². The molecule has 4 rings (SSSR count). The molecule has 0 bridgehead atoms. The third-order valence-electron chi connectivity index (χ3n) is 4.98. The number of amides is 1. The smallest absolute Gasteiger partial charge is 0.242 e. The first kappa shape index (κ1) is 22.6. The number of ether oxygens (including phenoxy) is 3. The minimum absolute atomic E-state index is 0.0416. The summed E-state index contributed by atoms with van der Waals surface area (Å²) in [6.45, 7) is 2.44. The standard InChI is InChI=1S/C24H24N2O6S/c1-2-30-19-9-11-20(12-10-19)33(28,29)26-21(14-17-6-4-3-5-7-17)24(27)25-18-8-13-22-23(15-18)32-16-31-22/h3-13,15,21,26H,2,14,16H2,1H3,(H,25,27)/t21-/m1/s1. The monoisotopic (exact) mass is 468 g/mol. The highest BCUT2D eigenvalue weighted by molar-refractivity contribution is 7.89. The van der Waals surface area contributed by atoms with Gasteiger partial charge in [-0.15, -0.1) is 0 Å². The summed E-state index contributed by atoms with van der Waals surface area (Å²) in [6, 6.07) is 19.2. The molecule has 1 amide bonds. The summed E-state index contributed by atoms with van der Waals surface area (Å²) in [6.07, 6.45) is 0.174. The third kappa shape index (κ3) is 5.63. The molecule has 33 heavy (non-hydrogen) atoms. The number of rotatable bonds is 9. The van der Waals surface area contributed by atoms with E-state index in [1.807, 2.05) is 37.3 Å². The van der Waals surface area contributed by atoms with Crippen LogP contribution in [0.1, 0.15) is 12.5 Å². The van der Waals surface area contributed by atoms with Crippen LogP contribution < -0.4 is 24.2 Å². The molecule has 0 saturated carbocycles. The Labute approximate surface area is 192 Å². The predicted molar refractivity (Wildman–Crippen MR) is 123 cm³/mol. The van der Waals surface area contributed by atoms with Crippen molar-refractivity contribution in [2.24, 2.45) is 0 Å². The molecule has 3 aromatic rings. The van der Waals surface area contributed by atoms with Gasteiger partial charge in [0.25, 0.3) is 0 Å².